The molecule has 1 atom stereocenters. The van der Waals surface area contributed by atoms with Crippen LogP contribution in [0.3, 0.4) is 0 Å². The third-order valence-corrected chi connectivity index (χ3v) is 3.45. The summed E-state index contributed by atoms with van der Waals surface area (Å²) in [5, 5.41) is 0. The van der Waals surface area contributed by atoms with Gasteiger partial charge in [-0.3, -0.25) is 4.79 Å². The second-order valence-electron chi connectivity index (χ2n) is 4.33. The topological polar surface area (TPSA) is 17.1 Å². The van der Waals surface area contributed by atoms with Gasteiger partial charge in [0.15, 0.2) is 0 Å². The Kier molecular flexibility index (Phi) is 4.47. The van der Waals surface area contributed by atoms with Crippen molar-refractivity contribution in [3.8, 4) is 0 Å². The lowest BCUT2D eigenvalue weighted by Gasteiger charge is -2.24. The molecule has 0 heterocycles. The SMILES string of the molecule is CCC(CC)CC1CCCCC1=O. The monoisotopic (exact) mass is 182 g/mol. The molecule has 0 saturated heterocycles. The van der Waals surface area contributed by atoms with Gasteiger partial charge in [-0.2, -0.15) is 0 Å². The molecule has 0 aromatic rings. The summed E-state index contributed by atoms with van der Waals surface area (Å²) < 4.78 is 0. The molecule has 0 N–H and O–H groups in total. The molecular weight excluding hydrogens is 160 g/mol. The van der Waals surface area contributed by atoms with Crippen LogP contribution in [0.2, 0.25) is 0 Å². The molecule has 1 aliphatic rings. The van der Waals surface area contributed by atoms with Crippen LogP contribution < -0.4 is 0 Å². The van der Waals surface area contributed by atoms with Gasteiger partial charge in [0.1, 0.15) is 5.78 Å². The molecule has 1 heteroatoms. The van der Waals surface area contributed by atoms with Gasteiger partial charge in [0.25, 0.3) is 0 Å². The fourth-order valence-electron chi connectivity index (χ4n) is 2.33. The Bertz CT molecular complexity index is 159. The molecule has 13 heavy (non-hydrogen) atoms. The molecular formula is C12H22O. The molecule has 1 unspecified atom stereocenters. The number of carbonyl (C=O) groups excluding carboxylic acids is 1. The maximum atomic E-state index is 11.6. The van der Waals surface area contributed by atoms with Crippen molar-refractivity contribution in [2.24, 2.45) is 11.8 Å². The molecule has 1 rings (SSSR count). The first kappa shape index (κ1) is 10.7. The van der Waals surface area contributed by atoms with Crippen molar-refractivity contribution in [1.29, 1.82) is 0 Å². The van der Waals surface area contributed by atoms with Crippen LogP contribution in [0.1, 0.15) is 58.8 Å². The maximum Gasteiger partial charge on any atom is 0.135 e. The largest absolute Gasteiger partial charge is 0.299 e. The predicted molar refractivity (Wildman–Crippen MR) is 55.7 cm³/mol. The van der Waals surface area contributed by atoms with E-state index in [1.807, 2.05) is 0 Å². The Morgan fingerprint density at radius 3 is 2.54 bits per heavy atom. The summed E-state index contributed by atoms with van der Waals surface area (Å²) in [6.07, 6.45) is 8.06. The van der Waals surface area contributed by atoms with Crippen molar-refractivity contribution < 1.29 is 4.79 Å². The second-order valence-corrected chi connectivity index (χ2v) is 4.33. The second kappa shape index (κ2) is 5.41. The molecule has 0 amide bonds. The van der Waals surface area contributed by atoms with Gasteiger partial charge in [0.05, 0.1) is 0 Å². The van der Waals surface area contributed by atoms with E-state index in [0.717, 1.165) is 31.6 Å². The third kappa shape index (κ3) is 3.13. The van der Waals surface area contributed by atoms with E-state index >= 15 is 0 Å². The Hall–Kier alpha value is -0.330. The van der Waals surface area contributed by atoms with E-state index in [1.165, 1.54) is 19.3 Å². The van der Waals surface area contributed by atoms with Gasteiger partial charge >= 0.3 is 0 Å². The lowest BCUT2D eigenvalue weighted by Crippen LogP contribution is -2.21. The summed E-state index contributed by atoms with van der Waals surface area (Å²) in [5.41, 5.74) is 0. The lowest BCUT2D eigenvalue weighted by atomic mass is 9.80. The van der Waals surface area contributed by atoms with Crippen molar-refractivity contribution >= 4 is 5.78 Å². The van der Waals surface area contributed by atoms with Crippen LogP contribution in [-0.4, -0.2) is 5.78 Å². The Morgan fingerprint density at radius 1 is 1.31 bits per heavy atom. The highest BCUT2D eigenvalue weighted by atomic mass is 16.1. The van der Waals surface area contributed by atoms with Gasteiger partial charge in [-0.05, 0) is 25.2 Å². The summed E-state index contributed by atoms with van der Waals surface area (Å²) >= 11 is 0. The molecule has 1 aliphatic carbocycles. The first-order valence-electron chi connectivity index (χ1n) is 5.80. The van der Waals surface area contributed by atoms with E-state index in [4.69, 9.17) is 0 Å². The van der Waals surface area contributed by atoms with E-state index in [9.17, 15) is 4.79 Å². The van der Waals surface area contributed by atoms with Crippen molar-refractivity contribution in [3.63, 3.8) is 0 Å². The molecule has 0 aromatic carbocycles. The van der Waals surface area contributed by atoms with Crippen LogP contribution in [0.25, 0.3) is 0 Å². The molecule has 0 aliphatic heterocycles. The summed E-state index contributed by atoms with van der Waals surface area (Å²) in [5.74, 6) is 1.74. The molecule has 1 nitrogen and oxygen atoms in total. The predicted octanol–water partition coefficient (Wildman–Crippen LogP) is 3.57. The van der Waals surface area contributed by atoms with Crippen molar-refractivity contribution in [1.82, 2.24) is 0 Å². The zero-order valence-corrected chi connectivity index (χ0v) is 9.01. The zero-order valence-electron chi connectivity index (χ0n) is 9.01. The number of rotatable bonds is 4. The number of hydrogen-bond donors (Lipinski definition) is 0. The van der Waals surface area contributed by atoms with Crippen LogP contribution in [0.15, 0.2) is 0 Å². The smallest absolute Gasteiger partial charge is 0.135 e. The quantitative estimate of drug-likeness (QED) is 0.649. The fourth-order valence-corrected chi connectivity index (χ4v) is 2.33. The summed E-state index contributed by atoms with van der Waals surface area (Å²) in [7, 11) is 0. The number of ketones is 1. The molecule has 0 aromatic heterocycles. The number of hydrogen-bond acceptors (Lipinski definition) is 1. The van der Waals surface area contributed by atoms with E-state index in [1.54, 1.807) is 0 Å². The van der Waals surface area contributed by atoms with Crippen LogP contribution in [-0.2, 0) is 4.79 Å². The highest BCUT2D eigenvalue weighted by Crippen LogP contribution is 2.28. The Morgan fingerprint density at radius 2 is 2.00 bits per heavy atom. The average molecular weight is 182 g/mol. The molecule has 1 fully saturated rings. The zero-order chi connectivity index (χ0) is 9.68. The highest BCUT2D eigenvalue weighted by Gasteiger charge is 2.23. The van der Waals surface area contributed by atoms with Gasteiger partial charge in [-0.15, -0.1) is 0 Å². The van der Waals surface area contributed by atoms with Crippen LogP contribution >= 0.6 is 0 Å². The maximum absolute atomic E-state index is 11.6. The van der Waals surface area contributed by atoms with Crippen molar-refractivity contribution in [2.45, 2.75) is 58.8 Å². The standard InChI is InChI=1S/C12H22O/c1-3-10(4-2)9-11-7-5-6-8-12(11)13/h10-11H,3-9H2,1-2H3. The van der Waals surface area contributed by atoms with Gasteiger partial charge in [-0.1, -0.05) is 33.1 Å². The van der Waals surface area contributed by atoms with Crippen LogP contribution in [0.5, 0.6) is 0 Å². The van der Waals surface area contributed by atoms with E-state index < -0.39 is 0 Å². The summed E-state index contributed by atoms with van der Waals surface area (Å²) in [6, 6.07) is 0. The number of carbonyl (C=O) groups is 1. The third-order valence-electron chi connectivity index (χ3n) is 3.45. The normalized spacial score (nSPS) is 23.9. The molecule has 1 saturated carbocycles. The van der Waals surface area contributed by atoms with Crippen molar-refractivity contribution in [3.05, 3.63) is 0 Å². The molecule has 0 spiro atoms. The van der Waals surface area contributed by atoms with Crippen LogP contribution in [0, 0.1) is 11.8 Å². The molecule has 0 radical (unpaired) electrons. The first-order valence-corrected chi connectivity index (χ1v) is 5.80. The molecule has 76 valence electrons. The number of Topliss-reactive ketones (excluding diaryl/α,β-unsaturated/α-hetero) is 1. The minimum atomic E-state index is 0.415. The highest BCUT2D eigenvalue weighted by molar-refractivity contribution is 5.81. The summed E-state index contributed by atoms with van der Waals surface area (Å²) in [6.45, 7) is 4.48. The first-order chi connectivity index (χ1) is 6.27. The Balaban J connectivity index is 2.36. The average Bonchev–Trinajstić information content (AvgIpc) is 2.17. The van der Waals surface area contributed by atoms with Gasteiger partial charge in [0.2, 0.25) is 0 Å². The fraction of sp³-hybridized carbons (Fsp3) is 0.917. The van der Waals surface area contributed by atoms with Gasteiger partial charge in [0, 0.05) is 12.3 Å². The Labute approximate surface area is 81.9 Å². The van der Waals surface area contributed by atoms with E-state index in [-0.39, 0.29) is 0 Å². The lowest BCUT2D eigenvalue weighted by molar-refractivity contribution is -0.125. The molecule has 0 bridgehead atoms. The van der Waals surface area contributed by atoms with E-state index in [0.29, 0.717) is 11.7 Å². The minimum absolute atomic E-state index is 0.415. The minimum Gasteiger partial charge on any atom is -0.299 e. The van der Waals surface area contributed by atoms with E-state index in [2.05, 4.69) is 13.8 Å². The van der Waals surface area contributed by atoms with Gasteiger partial charge < -0.3 is 0 Å². The summed E-state index contributed by atoms with van der Waals surface area (Å²) in [4.78, 5) is 11.6. The van der Waals surface area contributed by atoms with Crippen molar-refractivity contribution in [2.75, 3.05) is 0 Å². The van der Waals surface area contributed by atoms with Crippen LogP contribution in [0.4, 0.5) is 0 Å². The van der Waals surface area contributed by atoms with Gasteiger partial charge in [-0.25, -0.2) is 0 Å².